The third-order valence-corrected chi connectivity index (χ3v) is 3.63. The van der Waals surface area contributed by atoms with E-state index in [1.165, 1.54) is 12.1 Å². The molecular weight excluding hydrogens is 341 g/mol. The molecule has 6 heteroatoms. The van der Waals surface area contributed by atoms with E-state index in [1.807, 2.05) is 6.07 Å². The Labute approximate surface area is 129 Å². The van der Waals surface area contributed by atoms with Crippen LogP contribution in [0.25, 0.3) is 0 Å². The molecule has 1 unspecified atom stereocenters. The number of para-hydroxylation sites is 2. The first-order valence-electron chi connectivity index (χ1n) is 6.28. The van der Waals surface area contributed by atoms with Gasteiger partial charge in [0.2, 0.25) is 6.10 Å². The predicted octanol–water partition coefficient (Wildman–Crippen LogP) is 3.37. The van der Waals surface area contributed by atoms with Gasteiger partial charge in [-0.05, 0) is 46.3 Å². The molecule has 108 valence electrons. The number of nitrogens with one attached hydrogen (secondary N) is 1. The summed E-state index contributed by atoms with van der Waals surface area (Å²) in [5.41, 5.74) is 0.364. The Bertz CT molecular complexity index is 692. The first kappa shape index (κ1) is 13.9. The van der Waals surface area contributed by atoms with Crippen LogP contribution in [0.3, 0.4) is 0 Å². The molecule has 0 fully saturated rings. The van der Waals surface area contributed by atoms with Crippen LogP contribution in [-0.2, 0) is 4.79 Å². The molecule has 0 spiro atoms. The standard InChI is InChI=1S/C15H11BrFNO3/c16-10-6-5-9(7-11(10)17)18-15(19)14-8-20-12-3-1-2-4-13(12)21-14/h1-7,14H,8H2,(H,18,19). The molecule has 0 radical (unpaired) electrons. The maximum absolute atomic E-state index is 13.4. The summed E-state index contributed by atoms with van der Waals surface area (Å²) in [4.78, 5) is 12.1. The molecule has 1 aliphatic rings. The first-order chi connectivity index (χ1) is 10.1. The highest BCUT2D eigenvalue weighted by Crippen LogP contribution is 2.31. The molecule has 0 aliphatic carbocycles. The minimum absolute atomic E-state index is 0.113. The summed E-state index contributed by atoms with van der Waals surface area (Å²) in [7, 11) is 0. The molecule has 1 N–H and O–H groups in total. The smallest absolute Gasteiger partial charge is 0.269 e. The highest BCUT2D eigenvalue weighted by Gasteiger charge is 2.27. The largest absolute Gasteiger partial charge is 0.485 e. The van der Waals surface area contributed by atoms with Crippen LogP contribution in [0.4, 0.5) is 10.1 Å². The predicted molar refractivity (Wildman–Crippen MR) is 79.1 cm³/mol. The van der Waals surface area contributed by atoms with Crippen molar-refractivity contribution in [3.63, 3.8) is 0 Å². The van der Waals surface area contributed by atoms with Gasteiger partial charge in [0, 0.05) is 5.69 Å². The second-order valence-electron chi connectivity index (χ2n) is 4.48. The zero-order chi connectivity index (χ0) is 14.8. The van der Waals surface area contributed by atoms with Crippen LogP contribution in [0.15, 0.2) is 46.9 Å². The number of ether oxygens (including phenoxy) is 2. The van der Waals surface area contributed by atoms with Crippen molar-refractivity contribution in [2.24, 2.45) is 0 Å². The monoisotopic (exact) mass is 351 g/mol. The molecule has 0 saturated heterocycles. The SMILES string of the molecule is O=C(Nc1ccc(Br)c(F)c1)C1COc2ccccc2O1. The lowest BCUT2D eigenvalue weighted by atomic mass is 10.2. The van der Waals surface area contributed by atoms with Crippen molar-refractivity contribution in [2.75, 3.05) is 11.9 Å². The van der Waals surface area contributed by atoms with Crippen LogP contribution in [0.5, 0.6) is 11.5 Å². The number of carbonyl (C=O) groups excluding carboxylic acids is 1. The fourth-order valence-corrected chi connectivity index (χ4v) is 2.19. The van der Waals surface area contributed by atoms with Gasteiger partial charge in [0.25, 0.3) is 5.91 Å². The number of amides is 1. The van der Waals surface area contributed by atoms with Gasteiger partial charge in [-0.3, -0.25) is 4.79 Å². The molecule has 3 rings (SSSR count). The van der Waals surface area contributed by atoms with Gasteiger partial charge in [0.05, 0.1) is 4.47 Å². The van der Waals surface area contributed by atoms with Gasteiger partial charge in [-0.15, -0.1) is 0 Å². The van der Waals surface area contributed by atoms with Gasteiger partial charge >= 0.3 is 0 Å². The van der Waals surface area contributed by atoms with Crippen molar-refractivity contribution in [3.05, 3.63) is 52.8 Å². The molecule has 0 aromatic heterocycles. The van der Waals surface area contributed by atoms with Gasteiger partial charge in [-0.2, -0.15) is 0 Å². The second-order valence-corrected chi connectivity index (χ2v) is 5.34. The lowest BCUT2D eigenvalue weighted by Crippen LogP contribution is -2.40. The molecule has 1 heterocycles. The molecule has 0 saturated carbocycles. The summed E-state index contributed by atoms with van der Waals surface area (Å²) in [6, 6.07) is 11.5. The van der Waals surface area contributed by atoms with E-state index in [9.17, 15) is 9.18 Å². The van der Waals surface area contributed by atoms with E-state index in [0.717, 1.165) is 0 Å². The van der Waals surface area contributed by atoms with E-state index in [-0.39, 0.29) is 12.5 Å². The quantitative estimate of drug-likeness (QED) is 0.902. The number of benzene rings is 2. The summed E-state index contributed by atoms with van der Waals surface area (Å²) in [5, 5.41) is 2.61. The van der Waals surface area contributed by atoms with E-state index >= 15 is 0 Å². The molecule has 2 aromatic carbocycles. The number of carbonyl (C=O) groups is 1. The summed E-state index contributed by atoms with van der Waals surface area (Å²) in [6.45, 7) is 0.113. The Kier molecular flexibility index (Phi) is 3.79. The molecule has 21 heavy (non-hydrogen) atoms. The molecule has 1 aliphatic heterocycles. The average molecular weight is 352 g/mol. The van der Waals surface area contributed by atoms with Crippen molar-refractivity contribution >= 4 is 27.5 Å². The minimum atomic E-state index is -0.772. The van der Waals surface area contributed by atoms with E-state index < -0.39 is 11.9 Å². The lowest BCUT2D eigenvalue weighted by Gasteiger charge is -2.25. The third-order valence-electron chi connectivity index (χ3n) is 2.99. The number of anilines is 1. The summed E-state index contributed by atoms with van der Waals surface area (Å²) in [6.07, 6.45) is -0.772. The number of hydrogen-bond donors (Lipinski definition) is 1. The fraction of sp³-hybridized carbons (Fsp3) is 0.133. The molecule has 0 bridgehead atoms. The van der Waals surface area contributed by atoms with Crippen LogP contribution in [-0.4, -0.2) is 18.6 Å². The van der Waals surface area contributed by atoms with Crippen molar-refractivity contribution in [1.29, 1.82) is 0 Å². The third kappa shape index (κ3) is 3.00. The van der Waals surface area contributed by atoms with Gasteiger partial charge in [0.15, 0.2) is 11.5 Å². The maximum atomic E-state index is 13.4. The molecule has 1 atom stereocenters. The number of fused-ring (bicyclic) bond motifs is 1. The Morgan fingerprint density at radius 2 is 2.00 bits per heavy atom. The summed E-state index contributed by atoms with van der Waals surface area (Å²) >= 11 is 3.06. The van der Waals surface area contributed by atoms with Crippen LogP contribution in [0.1, 0.15) is 0 Å². The van der Waals surface area contributed by atoms with E-state index in [4.69, 9.17) is 9.47 Å². The molecule has 4 nitrogen and oxygen atoms in total. The first-order valence-corrected chi connectivity index (χ1v) is 7.07. The van der Waals surface area contributed by atoms with Gasteiger partial charge in [-0.25, -0.2) is 4.39 Å². The minimum Gasteiger partial charge on any atom is -0.485 e. The van der Waals surface area contributed by atoms with Crippen molar-refractivity contribution in [2.45, 2.75) is 6.10 Å². The van der Waals surface area contributed by atoms with Crippen molar-refractivity contribution in [1.82, 2.24) is 0 Å². The normalized spacial score (nSPS) is 16.4. The van der Waals surface area contributed by atoms with Gasteiger partial charge < -0.3 is 14.8 Å². The second kappa shape index (κ2) is 5.73. The Balaban J connectivity index is 1.70. The fourth-order valence-electron chi connectivity index (χ4n) is 1.95. The van der Waals surface area contributed by atoms with E-state index in [1.54, 1.807) is 24.3 Å². The molecular formula is C15H11BrFNO3. The van der Waals surface area contributed by atoms with Crippen molar-refractivity contribution < 1.29 is 18.7 Å². The van der Waals surface area contributed by atoms with Crippen LogP contribution < -0.4 is 14.8 Å². The van der Waals surface area contributed by atoms with Crippen LogP contribution in [0, 0.1) is 5.82 Å². The number of hydrogen-bond acceptors (Lipinski definition) is 3. The Morgan fingerprint density at radius 1 is 1.24 bits per heavy atom. The molecule has 2 aromatic rings. The van der Waals surface area contributed by atoms with E-state index in [0.29, 0.717) is 21.7 Å². The van der Waals surface area contributed by atoms with Gasteiger partial charge in [0.1, 0.15) is 12.4 Å². The molecule has 1 amide bonds. The lowest BCUT2D eigenvalue weighted by molar-refractivity contribution is -0.125. The van der Waals surface area contributed by atoms with Crippen LogP contribution in [0.2, 0.25) is 0 Å². The maximum Gasteiger partial charge on any atom is 0.269 e. The van der Waals surface area contributed by atoms with E-state index in [2.05, 4.69) is 21.2 Å². The summed E-state index contributed by atoms with van der Waals surface area (Å²) < 4.78 is 24.8. The highest BCUT2D eigenvalue weighted by molar-refractivity contribution is 9.10. The number of halogens is 2. The van der Waals surface area contributed by atoms with Crippen LogP contribution >= 0.6 is 15.9 Å². The summed E-state index contributed by atoms with van der Waals surface area (Å²) in [5.74, 6) is 0.298. The Morgan fingerprint density at radius 3 is 2.76 bits per heavy atom. The zero-order valence-corrected chi connectivity index (χ0v) is 12.4. The number of rotatable bonds is 2. The average Bonchev–Trinajstić information content (AvgIpc) is 2.50. The zero-order valence-electron chi connectivity index (χ0n) is 10.8. The van der Waals surface area contributed by atoms with Crippen molar-refractivity contribution in [3.8, 4) is 11.5 Å². The highest BCUT2D eigenvalue weighted by atomic mass is 79.9. The van der Waals surface area contributed by atoms with Gasteiger partial charge in [-0.1, -0.05) is 12.1 Å². The topological polar surface area (TPSA) is 47.6 Å². The Hall–Kier alpha value is -2.08.